The summed E-state index contributed by atoms with van der Waals surface area (Å²) in [6, 6.07) is 8.49. The van der Waals surface area contributed by atoms with Crippen LogP contribution >= 0.6 is 0 Å². The number of anilines is 1. The number of carbonyl (C=O) groups excluding carboxylic acids is 1. The quantitative estimate of drug-likeness (QED) is 0.793. The van der Waals surface area contributed by atoms with Gasteiger partial charge < -0.3 is 5.32 Å². The maximum Gasteiger partial charge on any atom is 0.224 e. The third kappa shape index (κ3) is 4.09. The van der Waals surface area contributed by atoms with E-state index in [0.717, 1.165) is 23.9 Å². The largest absolute Gasteiger partial charge is 0.326 e. The van der Waals surface area contributed by atoms with Gasteiger partial charge in [-0.2, -0.15) is 0 Å². The Kier molecular flexibility index (Phi) is 5.63. The zero-order valence-electron chi connectivity index (χ0n) is 12.8. The second-order valence-electron chi connectivity index (χ2n) is 6.05. The van der Waals surface area contributed by atoms with Crippen molar-refractivity contribution in [3.63, 3.8) is 0 Å². The molecular formula is C18H27NO. The minimum Gasteiger partial charge on any atom is -0.326 e. The highest BCUT2D eigenvalue weighted by Crippen LogP contribution is 2.37. The van der Waals surface area contributed by atoms with Gasteiger partial charge in [0.1, 0.15) is 0 Å². The molecule has 110 valence electrons. The van der Waals surface area contributed by atoms with Crippen LogP contribution in [0.1, 0.15) is 70.3 Å². The van der Waals surface area contributed by atoms with Crippen LogP contribution in [0.4, 0.5) is 5.69 Å². The number of hydrogen-bond acceptors (Lipinski definition) is 1. The van der Waals surface area contributed by atoms with Gasteiger partial charge in [-0.25, -0.2) is 0 Å². The van der Waals surface area contributed by atoms with Crippen LogP contribution in [0.25, 0.3) is 0 Å². The molecule has 2 heteroatoms. The van der Waals surface area contributed by atoms with Crippen LogP contribution in [-0.4, -0.2) is 5.91 Å². The third-order valence-electron chi connectivity index (χ3n) is 4.57. The molecule has 2 rings (SSSR count). The van der Waals surface area contributed by atoms with Gasteiger partial charge in [0, 0.05) is 12.1 Å². The predicted octanol–water partition coefficient (Wildman–Crippen LogP) is 5.11. The monoisotopic (exact) mass is 273 g/mol. The van der Waals surface area contributed by atoms with Crippen molar-refractivity contribution in [3.8, 4) is 0 Å². The van der Waals surface area contributed by atoms with E-state index in [9.17, 15) is 4.79 Å². The topological polar surface area (TPSA) is 29.1 Å². The highest BCUT2D eigenvalue weighted by atomic mass is 16.1. The Labute approximate surface area is 123 Å². The van der Waals surface area contributed by atoms with Gasteiger partial charge in [0.15, 0.2) is 0 Å². The van der Waals surface area contributed by atoms with Crippen LogP contribution in [0, 0.1) is 5.92 Å². The summed E-state index contributed by atoms with van der Waals surface area (Å²) in [6.07, 6.45) is 8.20. The summed E-state index contributed by atoms with van der Waals surface area (Å²) in [6.45, 7) is 4.33. The standard InChI is InChI=1S/C18H27NO/c1-3-5-18(20)19-17-12-10-16(11-13-17)15-8-6-14(4-2)7-9-15/h10-15H,3-9H2,1-2H3,(H,19,20). The summed E-state index contributed by atoms with van der Waals surface area (Å²) in [5.41, 5.74) is 2.36. The van der Waals surface area contributed by atoms with Crippen molar-refractivity contribution in [1.82, 2.24) is 0 Å². The van der Waals surface area contributed by atoms with E-state index in [4.69, 9.17) is 0 Å². The molecule has 2 nitrogen and oxygen atoms in total. The summed E-state index contributed by atoms with van der Waals surface area (Å²) >= 11 is 0. The first-order chi connectivity index (χ1) is 9.72. The van der Waals surface area contributed by atoms with Crippen molar-refractivity contribution in [2.24, 2.45) is 5.92 Å². The number of carbonyl (C=O) groups is 1. The summed E-state index contributed by atoms with van der Waals surface area (Å²) in [5, 5.41) is 2.95. The molecule has 1 aliphatic carbocycles. The first-order valence-corrected chi connectivity index (χ1v) is 8.12. The summed E-state index contributed by atoms with van der Waals surface area (Å²) < 4.78 is 0. The molecule has 1 saturated carbocycles. The van der Waals surface area contributed by atoms with Crippen LogP contribution in [0.3, 0.4) is 0 Å². The molecule has 20 heavy (non-hydrogen) atoms. The fourth-order valence-corrected chi connectivity index (χ4v) is 3.19. The zero-order valence-corrected chi connectivity index (χ0v) is 12.8. The van der Waals surface area contributed by atoms with Gasteiger partial charge in [0.25, 0.3) is 0 Å². The Morgan fingerprint density at radius 3 is 2.30 bits per heavy atom. The molecule has 0 heterocycles. The number of nitrogens with one attached hydrogen (secondary N) is 1. The third-order valence-corrected chi connectivity index (χ3v) is 4.57. The molecule has 1 aliphatic rings. The molecule has 1 N–H and O–H groups in total. The van der Waals surface area contributed by atoms with Crippen LogP contribution in [-0.2, 0) is 4.79 Å². The van der Waals surface area contributed by atoms with Gasteiger partial charge in [-0.1, -0.05) is 32.4 Å². The lowest BCUT2D eigenvalue weighted by molar-refractivity contribution is -0.116. The molecule has 1 aromatic carbocycles. The first-order valence-electron chi connectivity index (χ1n) is 8.12. The van der Waals surface area contributed by atoms with E-state index in [1.165, 1.54) is 37.7 Å². The predicted molar refractivity (Wildman–Crippen MR) is 85.0 cm³/mol. The fraction of sp³-hybridized carbons (Fsp3) is 0.611. The summed E-state index contributed by atoms with van der Waals surface area (Å²) in [7, 11) is 0. The van der Waals surface area contributed by atoms with Gasteiger partial charge in [-0.15, -0.1) is 0 Å². The van der Waals surface area contributed by atoms with Crippen molar-refractivity contribution in [1.29, 1.82) is 0 Å². The molecular weight excluding hydrogens is 246 g/mol. The number of benzene rings is 1. The number of amides is 1. The van der Waals surface area contributed by atoms with E-state index in [1.54, 1.807) is 0 Å². The van der Waals surface area contributed by atoms with E-state index >= 15 is 0 Å². The average Bonchev–Trinajstić information content (AvgIpc) is 2.48. The zero-order chi connectivity index (χ0) is 14.4. The van der Waals surface area contributed by atoms with E-state index in [0.29, 0.717) is 6.42 Å². The van der Waals surface area contributed by atoms with Crippen molar-refractivity contribution >= 4 is 11.6 Å². The minimum atomic E-state index is 0.115. The lowest BCUT2D eigenvalue weighted by Gasteiger charge is -2.28. The van der Waals surface area contributed by atoms with E-state index in [2.05, 4.69) is 36.5 Å². The van der Waals surface area contributed by atoms with Gasteiger partial charge >= 0.3 is 0 Å². The summed E-state index contributed by atoms with van der Waals surface area (Å²) in [5.74, 6) is 1.78. The normalized spacial score (nSPS) is 22.5. The Bertz CT molecular complexity index is 416. The molecule has 0 atom stereocenters. The Hall–Kier alpha value is -1.31. The SMILES string of the molecule is CCCC(=O)Nc1ccc(C2CCC(CC)CC2)cc1. The van der Waals surface area contributed by atoms with Crippen molar-refractivity contribution in [2.45, 2.75) is 64.7 Å². The molecule has 0 spiro atoms. The lowest BCUT2D eigenvalue weighted by atomic mass is 9.78. The van der Waals surface area contributed by atoms with E-state index in [-0.39, 0.29) is 5.91 Å². The van der Waals surface area contributed by atoms with Crippen LogP contribution < -0.4 is 5.32 Å². The molecule has 1 amide bonds. The Morgan fingerprint density at radius 2 is 1.75 bits per heavy atom. The van der Waals surface area contributed by atoms with Crippen LogP contribution in [0.5, 0.6) is 0 Å². The second kappa shape index (κ2) is 7.47. The highest BCUT2D eigenvalue weighted by molar-refractivity contribution is 5.90. The summed E-state index contributed by atoms with van der Waals surface area (Å²) in [4.78, 5) is 11.6. The minimum absolute atomic E-state index is 0.115. The molecule has 0 bridgehead atoms. The van der Waals surface area contributed by atoms with Crippen molar-refractivity contribution < 1.29 is 4.79 Å². The maximum absolute atomic E-state index is 11.6. The van der Waals surface area contributed by atoms with Crippen molar-refractivity contribution in [3.05, 3.63) is 29.8 Å². The van der Waals surface area contributed by atoms with Gasteiger partial charge in [-0.3, -0.25) is 4.79 Å². The van der Waals surface area contributed by atoms with Gasteiger partial charge in [0.2, 0.25) is 5.91 Å². The second-order valence-corrected chi connectivity index (χ2v) is 6.05. The first kappa shape index (κ1) is 15.1. The molecule has 0 unspecified atom stereocenters. The molecule has 1 fully saturated rings. The number of rotatable bonds is 5. The molecule has 0 saturated heterocycles. The lowest BCUT2D eigenvalue weighted by Crippen LogP contribution is -2.13. The molecule has 0 radical (unpaired) electrons. The average molecular weight is 273 g/mol. The van der Waals surface area contributed by atoms with E-state index in [1.807, 2.05) is 6.92 Å². The fourth-order valence-electron chi connectivity index (χ4n) is 3.19. The Balaban J connectivity index is 1.90. The highest BCUT2D eigenvalue weighted by Gasteiger charge is 2.21. The maximum atomic E-state index is 11.6. The smallest absolute Gasteiger partial charge is 0.224 e. The van der Waals surface area contributed by atoms with Gasteiger partial charge in [-0.05, 0) is 61.6 Å². The molecule has 1 aromatic rings. The van der Waals surface area contributed by atoms with E-state index < -0.39 is 0 Å². The van der Waals surface area contributed by atoms with Crippen LogP contribution in [0.2, 0.25) is 0 Å². The van der Waals surface area contributed by atoms with Crippen molar-refractivity contribution in [2.75, 3.05) is 5.32 Å². The number of hydrogen-bond donors (Lipinski definition) is 1. The molecule has 0 aliphatic heterocycles. The molecule has 0 aromatic heterocycles. The Morgan fingerprint density at radius 1 is 1.10 bits per heavy atom. The van der Waals surface area contributed by atoms with Crippen LogP contribution in [0.15, 0.2) is 24.3 Å². The van der Waals surface area contributed by atoms with Gasteiger partial charge in [0.05, 0.1) is 0 Å².